The molecule has 3 saturated heterocycles. The lowest BCUT2D eigenvalue weighted by Gasteiger charge is -2.43. The molecule has 0 unspecified atom stereocenters. The molecule has 0 aliphatic carbocycles. The molecule has 2 amide bonds. The zero-order valence-corrected chi connectivity index (χ0v) is 14.6. The number of piperidine rings is 1. The Bertz CT molecular complexity index is 659. The molecule has 0 atom stereocenters. The lowest BCUT2D eigenvalue weighted by Crippen LogP contribution is -2.52. The fourth-order valence-corrected chi connectivity index (χ4v) is 4.11. The van der Waals surface area contributed by atoms with E-state index in [1.165, 1.54) is 0 Å². The fourth-order valence-electron chi connectivity index (χ4n) is 4.11. The van der Waals surface area contributed by atoms with Crippen molar-refractivity contribution in [3.8, 4) is 0 Å². The van der Waals surface area contributed by atoms with Gasteiger partial charge in [-0.2, -0.15) is 0 Å². The summed E-state index contributed by atoms with van der Waals surface area (Å²) in [6.07, 6.45) is 3.17. The number of ether oxygens (including phenoxy) is 1. The highest BCUT2D eigenvalue weighted by atomic mass is 16.5. The Kier molecular flexibility index (Phi) is 4.15. The Labute approximate surface area is 146 Å². The molecule has 1 aromatic rings. The molecule has 0 N–H and O–H groups in total. The first-order chi connectivity index (χ1) is 12.1. The maximum atomic E-state index is 12.7. The van der Waals surface area contributed by atoms with E-state index in [9.17, 15) is 9.59 Å². The zero-order valence-electron chi connectivity index (χ0n) is 14.6. The predicted molar refractivity (Wildman–Crippen MR) is 89.4 cm³/mol. The molecule has 0 saturated carbocycles. The number of rotatable bonds is 2. The summed E-state index contributed by atoms with van der Waals surface area (Å²) in [7, 11) is 1.89. The van der Waals surface area contributed by atoms with Crippen molar-refractivity contribution in [3.63, 3.8) is 0 Å². The first-order valence-electron chi connectivity index (χ1n) is 8.94. The van der Waals surface area contributed by atoms with Crippen molar-refractivity contribution in [1.82, 2.24) is 15.0 Å². The van der Waals surface area contributed by atoms with Crippen molar-refractivity contribution in [2.45, 2.75) is 31.2 Å². The van der Waals surface area contributed by atoms with E-state index in [-0.39, 0.29) is 23.1 Å². The van der Waals surface area contributed by atoms with E-state index in [2.05, 4.69) is 10.1 Å². The van der Waals surface area contributed by atoms with Gasteiger partial charge in [0.2, 0.25) is 11.7 Å². The first-order valence-corrected chi connectivity index (χ1v) is 8.94. The molecule has 0 bridgehead atoms. The molecule has 0 radical (unpaired) electrons. The second-order valence-corrected chi connectivity index (χ2v) is 7.12. The van der Waals surface area contributed by atoms with Crippen LogP contribution >= 0.6 is 0 Å². The number of anilines is 1. The van der Waals surface area contributed by atoms with Crippen LogP contribution in [0.15, 0.2) is 10.6 Å². The molecule has 8 heteroatoms. The minimum absolute atomic E-state index is 0.0613. The zero-order chi connectivity index (χ0) is 17.4. The molecule has 4 rings (SSSR count). The van der Waals surface area contributed by atoms with Crippen LogP contribution < -0.4 is 4.90 Å². The van der Waals surface area contributed by atoms with Gasteiger partial charge in [0.05, 0.1) is 13.2 Å². The molecule has 3 aliphatic rings. The molecule has 1 spiro atoms. The van der Waals surface area contributed by atoms with Crippen LogP contribution in [-0.2, 0) is 9.53 Å². The molecular weight excluding hydrogens is 324 g/mol. The number of likely N-dealkylation sites (tertiary alicyclic amines) is 2. The van der Waals surface area contributed by atoms with Crippen molar-refractivity contribution in [2.24, 2.45) is 0 Å². The molecule has 3 aliphatic heterocycles. The lowest BCUT2D eigenvalue weighted by molar-refractivity contribution is -0.130. The summed E-state index contributed by atoms with van der Waals surface area (Å²) in [4.78, 5) is 30.3. The van der Waals surface area contributed by atoms with E-state index < -0.39 is 0 Å². The lowest BCUT2D eigenvalue weighted by atomic mass is 9.85. The molecular formula is C17H24N4O4. The van der Waals surface area contributed by atoms with Gasteiger partial charge in [0.15, 0.2) is 5.82 Å². The fraction of sp³-hybridized carbons (Fsp3) is 0.706. The highest BCUT2D eigenvalue weighted by Gasteiger charge is 2.45. The number of carbonyl (C=O) groups is 2. The molecule has 4 heterocycles. The van der Waals surface area contributed by atoms with Crippen LogP contribution in [-0.4, -0.2) is 78.8 Å². The number of aromatic nitrogens is 1. The number of hydrogen-bond donors (Lipinski definition) is 0. The van der Waals surface area contributed by atoms with E-state index in [1.54, 1.807) is 6.07 Å². The summed E-state index contributed by atoms with van der Waals surface area (Å²) in [5, 5.41) is 4.04. The van der Waals surface area contributed by atoms with E-state index in [1.807, 2.05) is 16.8 Å². The number of amides is 2. The molecule has 3 fully saturated rings. The number of carbonyl (C=O) groups excluding carboxylic acids is 2. The largest absolute Gasteiger partial charge is 0.378 e. The van der Waals surface area contributed by atoms with Crippen LogP contribution in [0.25, 0.3) is 0 Å². The highest BCUT2D eigenvalue weighted by Crippen LogP contribution is 2.38. The molecule has 8 nitrogen and oxygen atoms in total. The van der Waals surface area contributed by atoms with Gasteiger partial charge >= 0.3 is 0 Å². The second kappa shape index (κ2) is 6.33. The van der Waals surface area contributed by atoms with Crippen LogP contribution in [0.4, 0.5) is 5.82 Å². The van der Waals surface area contributed by atoms with Crippen LogP contribution in [0, 0.1) is 0 Å². The van der Waals surface area contributed by atoms with Crippen molar-refractivity contribution in [1.29, 1.82) is 0 Å². The average molecular weight is 348 g/mol. The Morgan fingerprint density at radius 3 is 2.52 bits per heavy atom. The normalized spacial score (nSPS) is 23.6. The van der Waals surface area contributed by atoms with Gasteiger partial charge in [-0.1, -0.05) is 5.16 Å². The average Bonchev–Trinajstić information content (AvgIpc) is 3.25. The van der Waals surface area contributed by atoms with Gasteiger partial charge in [-0.25, -0.2) is 0 Å². The van der Waals surface area contributed by atoms with Gasteiger partial charge in [0, 0.05) is 51.3 Å². The topological polar surface area (TPSA) is 79.1 Å². The van der Waals surface area contributed by atoms with E-state index >= 15 is 0 Å². The third-order valence-electron chi connectivity index (χ3n) is 5.91. The van der Waals surface area contributed by atoms with Crippen molar-refractivity contribution in [3.05, 3.63) is 11.8 Å². The second-order valence-electron chi connectivity index (χ2n) is 7.12. The monoisotopic (exact) mass is 348 g/mol. The maximum Gasteiger partial charge on any atom is 0.292 e. The van der Waals surface area contributed by atoms with Gasteiger partial charge in [0.25, 0.3) is 5.91 Å². The van der Waals surface area contributed by atoms with Gasteiger partial charge in [-0.3, -0.25) is 9.59 Å². The van der Waals surface area contributed by atoms with Gasteiger partial charge < -0.3 is 24.0 Å². The van der Waals surface area contributed by atoms with Crippen LogP contribution in [0.3, 0.4) is 0 Å². The summed E-state index contributed by atoms with van der Waals surface area (Å²) in [6, 6.07) is 1.73. The van der Waals surface area contributed by atoms with Crippen LogP contribution in [0.5, 0.6) is 0 Å². The number of nitrogens with zero attached hydrogens (tertiary/aromatic N) is 4. The van der Waals surface area contributed by atoms with Crippen molar-refractivity contribution >= 4 is 17.6 Å². The Balaban J connectivity index is 1.39. The standard InChI is InChI=1S/C17H24N4O4/c1-19-15(22)2-3-17(19)4-6-21(7-5-17)16(23)13-12-14(18-25-13)20-8-10-24-11-9-20/h12H,2-11H2,1H3. The number of morpholine rings is 1. The number of hydrogen-bond acceptors (Lipinski definition) is 6. The molecule has 0 aromatic carbocycles. The van der Waals surface area contributed by atoms with E-state index in [0.717, 1.165) is 32.4 Å². The third-order valence-corrected chi connectivity index (χ3v) is 5.91. The third kappa shape index (κ3) is 2.88. The minimum Gasteiger partial charge on any atom is -0.378 e. The summed E-state index contributed by atoms with van der Waals surface area (Å²) in [5.74, 6) is 1.08. The van der Waals surface area contributed by atoms with Gasteiger partial charge in [0.1, 0.15) is 0 Å². The van der Waals surface area contributed by atoms with E-state index in [4.69, 9.17) is 9.26 Å². The Hall–Kier alpha value is -2.09. The first kappa shape index (κ1) is 16.4. The molecule has 25 heavy (non-hydrogen) atoms. The highest BCUT2D eigenvalue weighted by molar-refractivity contribution is 5.92. The summed E-state index contributed by atoms with van der Waals surface area (Å²) in [6.45, 7) is 4.13. The van der Waals surface area contributed by atoms with Crippen LogP contribution in [0.1, 0.15) is 36.2 Å². The van der Waals surface area contributed by atoms with Crippen molar-refractivity contribution < 1.29 is 18.8 Å². The van der Waals surface area contributed by atoms with Crippen LogP contribution in [0.2, 0.25) is 0 Å². The maximum absolute atomic E-state index is 12.7. The van der Waals surface area contributed by atoms with Crippen molar-refractivity contribution in [2.75, 3.05) is 51.3 Å². The molecule has 136 valence electrons. The summed E-state index contributed by atoms with van der Waals surface area (Å²) in [5.41, 5.74) is -0.0613. The smallest absolute Gasteiger partial charge is 0.292 e. The summed E-state index contributed by atoms with van der Waals surface area (Å²) < 4.78 is 10.6. The minimum atomic E-state index is -0.117. The quantitative estimate of drug-likeness (QED) is 0.784. The Morgan fingerprint density at radius 1 is 1.16 bits per heavy atom. The van der Waals surface area contributed by atoms with E-state index in [0.29, 0.717) is 38.5 Å². The molecule has 1 aromatic heterocycles. The van der Waals surface area contributed by atoms with Gasteiger partial charge in [-0.05, 0) is 19.3 Å². The predicted octanol–water partition coefficient (Wildman–Crippen LogP) is 0.738. The summed E-state index contributed by atoms with van der Waals surface area (Å²) >= 11 is 0. The SMILES string of the molecule is CN1C(=O)CCC12CCN(C(=O)c1cc(N3CCOCC3)no1)CC2. The Morgan fingerprint density at radius 2 is 1.88 bits per heavy atom. The van der Waals surface area contributed by atoms with Gasteiger partial charge in [-0.15, -0.1) is 0 Å².